The molecule has 0 saturated heterocycles. The van der Waals surface area contributed by atoms with Crippen LogP contribution in [0.3, 0.4) is 0 Å². The van der Waals surface area contributed by atoms with Crippen molar-refractivity contribution >= 4 is 0 Å². The summed E-state index contributed by atoms with van der Waals surface area (Å²) in [5.74, 6) is 0.551. The van der Waals surface area contributed by atoms with Crippen LogP contribution in [0.25, 0.3) is 10.4 Å². The van der Waals surface area contributed by atoms with Gasteiger partial charge >= 0.3 is 0 Å². The van der Waals surface area contributed by atoms with Crippen molar-refractivity contribution in [3.05, 3.63) is 33.7 Å². The molecule has 1 fully saturated rings. The van der Waals surface area contributed by atoms with Crippen LogP contribution in [0.1, 0.15) is 13.8 Å². The molecule has 0 radical (unpaired) electrons. The fourth-order valence-electron chi connectivity index (χ4n) is 2.30. The van der Waals surface area contributed by atoms with Gasteiger partial charge in [0, 0.05) is 16.7 Å². The molecule has 0 aliphatic heterocycles. The summed E-state index contributed by atoms with van der Waals surface area (Å²) in [5, 5.41) is 13.5. The fraction of sp³-hybridized carbons (Fsp3) is 0.600. The first-order chi connectivity index (χ1) is 6.56. The minimum atomic E-state index is -0.889. The highest BCUT2D eigenvalue weighted by Gasteiger charge is 2.54. The number of nitrogens with zero attached hydrogens (tertiary/aromatic N) is 3. The van der Waals surface area contributed by atoms with Gasteiger partial charge in [-0.05, 0) is 19.4 Å². The first-order valence-electron chi connectivity index (χ1n) is 4.69. The molecule has 0 bridgehead atoms. The zero-order valence-electron chi connectivity index (χ0n) is 8.31. The molecule has 4 nitrogen and oxygen atoms in total. The molecule has 0 aromatic rings. The summed E-state index contributed by atoms with van der Waals surface area (Å²) in [5.41, 5.74) is 9.85. The molecule has 0 aromatic carbocycles. The van der Waals surface area contributed by atoms with Gasteiger partial charge in [-0.2, -0.15) is 0 Å². The van der Waals surface area contributed by atoms with Crippen molar-refractivity contribution in [2.75, 3.05) is 6.54 Å². The summed E-state index contributed by atoms with van der Waals surface area (Å²) in [7, 11) is 0. The first kappa shape index (κ1) is 9.31. The number of aliphatic hydroxyl groups is 1. The molecule has 14 heavy (non-hydrogen) atoms. The van der Waals surface area contributed by atoms with E-state index in [1.807, 2.05) is 0 Å². The molecule has 4 heteroatoms. The second-order valence-corrected chi connectivity index (χ2v) is 4.30. The summed E-state index contributed by atoms with van der Waals surface area (Å²) >= 11 is 0. The van der Waals surface area contributed by atoms with E-state index < -0.39 is 5.60 Å². The van der Waals surface area contributed by atoms with Crippen LogP contribution >= 0.6 is 0 Å². The van der Waals surface area contributed by atoms with Gasteiger partial charge in [0.25, 0.3) is 0 Å². The van der Waals surface area contributed by atoms with E-state index in [0.29, 0.717) is 5.92 Å². The van der Waals surface area contributed by atoms with Crippen molar-refractivity contribution in [3.63, 3.8) is 0 Å². The second kappa shape index (κ2) is 2.87. The van der Waals surface area contributed by atoms with E-state index in [0.717, 1.165) is 0 Å². The van der Waals surface area contributed by atoms with Crippen LogP contribution in [0.15, 0.2) is 28.4 Å². The lowest BCUT2D eigenvalue weighted by molar-refractivity contribution is 0.0462. The summed E-state index contributed by atoms with van der Waals surface area (Å²) in [4.78, 5) is 2.67. The van der Waals surface area contributed by atoms with Crippen LogP contribution in [0.5, 0.6) is 0 Å². The molecule has 2 rings (SSSR count). The van der Waals surface area contributed by atoms with E-state index in [9.17, 15) is 5.11 Å². The minimum Gasteiger partial charge on any atom is -0.389 e. The Labute approximate surface area is 82.6 Å². The highest BCUT2D eigenvalue weighted by molar-refractivity contribution is 5.50. The smallest absolute Gasteiger partial charge is 0.0750 e. The fourth-order valence-corrected chi connectivity index (χ4v) is 2.30. The Morgan fingerprint density at radius 2 is 2.43 bits per heavy atom. The van der Waals surface area contributed by atoms with Crippen molar-refractivity contribution in [3.8, 4) is 0 Å². The van der Waals surface area contributed by atoms with E-state index in [-0.39, 0.29) is 12.5 Å². The standard InChI is InChI=1S/C10H13N3O/c1-6-3-7-8(4-6)9(7)10(2,14)5-12-13-11/h3-4,7,9,14H,5H2,1-2H3/t7-,9?,10-/m1/s1. The largest absolute Gasteiger partial charge is 0.389 e. The molecule has 0 heterocycles. The number of allylic oxidation sites excluding steroid dienone is 3. The van der Waals surface area contributed by atoms with Crippen LogP contribution in [-0.4, -0.2) is 17.3 Å². The molecule has 1 N–H and O–H groups in total. The van der Waals surface area contributed by atoms with E-state index in [1.165, 1.54) is 11.1 Å². The van der Waals surface area contributed by atoms with Gasteiger partial charge in [-0.25, -0.2) is 0 Å². The van der Waals surface area contributed by atoms with E-state index in [4.69, 9.17) is 5.53 Å². The summed E-state index contributed by atoms with van der Waals surface area (Å²) < 4.78 is 0. The molecular formula is C10H13N3O. The zero-order valence-corrected chi connectivity index (χ0v) is 8.31. The molecule has 2 aliphatic carbocycles. The van der Waals surface area contributed by atoms with E-state index in [2.05, 4.69) is 29.1 Å². The lowest BCUT2D eigenvalue weighted by Crippen LogP contribution is -2.31. The normalized spacial score (nSPS) is 32.2. The Balaban J connectivity index is 2.06. The molecule has 3 atom stereocenters. The summed E-state index contributed by atoms with van der Waals surface area (Å²) in [6.45, 7) is 3.93. The summed E-state index contributed by atoms with van der Waals surface area (Å²) in [6, 6.07) is 0. The molecule has 74 valence electrons. The number of azide groups is 1. The predicted octanol–water partition coefficient (Wildman–Crippen LogP) is 2.18. The topological polar surface area (TPSA) is 69.0 Å². The maximum atomic E-state index is 10.0. The monoisotopic (exact) mass is 191 g/mol. The van der Waals surface area contributed by atoms with Gasteiger partial charge in [0.15, 0.2) is 0 Å². The van der Waals surface area contributed by atoms with Crippen molar-refractivity contribution < 1.29 is 5.11 Å². The van der Waals surface area contributed by atoms with Gasteiger partial charge < -0.3 is 5.11 Å². The first-order valence-corrected chi connectivity index (χ1v) is 4.69. The van der Waals surface area contributed by atoms with Crippen molar-refractivity contribution in [1.29, 1.82) is 0 Å². The van der Waals surface area contributed by atoms with Gasteiger partial charge in [-0.15, -0.1) is 0 Å². The SMILES string of the molecule is CC1=C[C@@H]2C(=C1)C2[C@](C)(O)CN=[N+]=[N-]. The average Bonchev–Trinajstić information content (AvgIpc) is 2.64. The Bertz CT molecular complexity index is 375. The lowest BCUT2D eigenvalue weighted by atomic mass is 9.97. The van der Waals surface area contributed by atoms with Crippen LogP contribution in [0, 0.1) is 11.8 Å². The third-order valence-electron chi connectivity index (χ3n) is 2.95. The number of rotatable bonds is 3. The third-order valence-corrected chi connectivity index (χ3v) is 2.95. The van der Waals surface area contributed by atoms with Gasteiger partial charge in [-0.1, -0.05) is 28.4 Å². The number of hydrogen-bond acceptors (Lipinski definition) is 2. The third kappa shape index (κ3) is 1.33. The van der Waals surface area contributed by atoms with Crippen molar-refractivity contribution in [2.45, 2.75) is 19.4 Å². The Morgan fingerprint density at radius 3 is 2.93 bits per heavy atom. The van der Waals surface area contributed by atoms with Crippen LogP contribution in [0.4, 0.5) is 0 Å². The van der Waals surface area contributed by atoms with Gasteiger partial charge in [0.05, 0.1) is 12.1 Å². The highest BCUT2D eigenvalue weighted by Crippen LogP contribution is 2.56. The van der Waals surface area contributed by atoms with Gasteiger partial charge in [-0.3, -0.25) is 0 Å². The van der Waals surface area contributed by atoms with Crippen LogP contribution < -0.4 is 0 Å². The van der Waals surface area contributed by atoms with Gasteiger partial charge in [0.1, 0.15) is 0 Å². The molecular weight excluding hydrogens is 178 g/mol. The highest BCUT2D eigenvalue weighted by atomic mass is 16.3. The average molecular weight is 191 g/mol. The summed E-state index contributed by atoms with van der Waals surface area (Å²) in [6.07, 6.45) is 4.27. The molecule has 0 amide bonds. The Kier molecular flexibility index (Phi) is 1.91. The zero-order chi connectivity index (χ0) is 10.3. The van der Waals surface area contributed by atoms with E-state index >= 15 is 0 Å². The quantitative estimate of drug-likeness (QED) is 0.414. The number of hydrogen-bond donors (Lipinski definition) is 1. The predicted molar refractivity (Wildman–Crippen MR) is 53.5 cm³/mol. The molecule has 0 aromatic heterocycles. The van der Waals surface area contributed by atoms with Gasteiger partial charge in [0.2, 0.25) is 0 Å². The maximum absolute atomic E-state index is 10.0. The lowest BCUT2D eigenvalue weighted by Gasteiger charge is -2.20. The maximum Gasteiger partial charge on any atom is 0.0750 e. The molecule has 1 unspecified atom stereocenters. The minimum absolute atomic E-state index is 0.148. The number of fused-ring (bicyclic) bond motifs is 1. The van der Waals surface area contributed by atoms with Crippen LogP contribution in [0.2, 0.25) is 0 Å². The van der Waals surface area contributed by atoms with Crippen molar-refractivity contribution in [1.82, 2.24) is 0 Å². The van der Waals surface area contributed by atoms with E-state index in [1.54, 1.807) is 6.92 Å². The molecule has 2 aliphatic rings. The molecule has 0 spiro atoms. The van der Waals surface area contributed by atoms with Crippen LogP contribution in [-0.2, 0) is 0 Å². The molecule has 1 saturated carbocycles. The second-order valence-electron chi connectivity index (χ2n) is 4.30. The Hall–Kier alpha value is -1.25. The van der Waals surface area contributed by atoms with Crippen molar-refractivity contribution in [2.24, 2.45) is 17.0 Å². The Morgan fingerprint density at radius 1 is 1.71 bits per heavy atom.